The van der Waals surface area contributed by atoms with Crippen molar-refractivity contribution in [2.24, 2.45) is 0 Å². The van der Waals surface area contributed by atoms with Gasteiger partial charge in [0, 0.05) is 45.0 Å². The Morgan fingerprint density at radius 3 is 3.19 bits per heavy atom. The van der Waals surface area contributed by atoms with Crippen molar-refractivity contribution in [3.63, 3.8) is 0 Å². The van der Waals surface area contributed by atoms with Crippen LogP contribution in [0.1, 0.15) is 26.0 Å². The SMILES string of the molecule is CCCn1cncc1CN1CCN[C@H](C)C1. The van der Waals surface area contributed by atoms with Crippen LogP contribution < -0.4 is 5.32 Å². The van der Waals surface area contributed by atoms with E-state index in [-0.39, 0.29) is 0 Å². The van der Waals surface area contributed by atoms with Crippen molar-refractivity contribution in [3.05, 3.63) is 18.2 Å². The third-order valence-corrected chi connectivity index (χ3v) is 3.10. The lowest BCUT2D eigenvalue weighted by Crippen LogP contribution is -2.48. The van der Waals surface area contributed by atoms with E-state index in [9.17, 15) is 0 Å². The van der Waals surface area contributed by atoms with Crippen LogP contribution in [-0.2, 0) is 13.1 Å². The normalized spacial score (nSPS) is 22.5. The number of piperazine rings is 1. The fourth-order valence-corrected chi connectivity index (χ4v) is 2.31. The zero-order valence-corrected chi connectivity index (χ0v) is 10.3. The quantitative estimate of drug-likeness (QED) is 0.828. The second-order valence-electron chi connectivity index (χ2n) is 4.67. The van der Waals surface area contributed by atoms with E-state index in [4.69, 9.17) is 0 Å². The van der Waals surface area contributed by atoms with Gasteiger partial charge in [-0.2, -0.15) is 0 Å². The highest BCUT2D eigenvalue weighted by Crippen LogP contribution is 2.08. The molecule has 0 unspecified atom stereocenters. The summed E-state index contributed by atoms with van der Waals surface area (Å²) in [5.74, 6) is 0. The van der Waals surface area contributed by atoms with Crippen LogP contribution in [-0.4, -0.2) is 40.1 Å². The minimum atomic E-state index is 0.608. The third-order valence-electron chi connectivity index (χ3n) is 3.10. The van der Waals surface area contributed by atoms with Gasteiger partial charge in [-0.1, -0.05) is 6.92 Å². The molecule has 2 rings (SSSR count). The molecule has 0 radical (unpaired) electrons. The van der Waals surface area contributed by atoms with Gasteiger partial charge < -0.3 is 9.88 Å². The maximum Gasteiger partial charge on any atom is 0.0948 e. The fraction of sp³-hybridized carbons (Fsp3) is 0.750. The average molecular weight is 222 g/mol. The van der Waals surface area contributed by atoms with E-state index in [1.54, 1.807) is 0 Å². The third kappa shape index (κ3) is 2.83. The van der Waals surface area contributed by atoms with E-state index >= 15 is 0 Å². The maximum absolute atomic E-state index is 4.25. The molecule has 1 aliphatic rings. The van der Waals surface area contributed by atoms with Crippen LogP contribution in [0.15, 0.2) is 12.5 Å². The van der Waals surface area contributed by atoms with Gasteiger partial charge in [0.2, 0.25) is 0 Å². The Kier molecular flexibility index (Phi) is 3.96. The molecule has 0 amide bonds. The summed E-state index contributed by atoms with van der Waals surface area (Å²) in [7, 11) is 0. The van der Waals surface area contributed by atoms with Gasteiger partial charge in [-0.15, -0.1) is 0 Å². The summed E-state index contributed by atoms with van der Waals surface area (Å²) in [4.78, 5) is 6.75. The molecule has 1 fully saturated rings. The van der Waals surface area contributed by atoms with Gasteiger partial charge in [0.1, 0.15) is 0 Å². The molecule has 1 atom stereocenters. The van der Waals surface area contributed by atoms with Crippen LogP contribution in [0.5, 0.6) is 0 Å². The summed E-state index contributed by atoms with van der Waals surface area (Å²) in [5, 5.41) is 3.47. The molecule has 0 bridgehead atoms. The first-order valence-corrected chi connectivity index (χ1v) is 6.24. The molecule has 0 saturated carbocycles. The highest BCUT2D eigenvalue weighted by Gasteiger charge is 2.16. The fourth-order valence-electron chi connectivity index (χ4n) is 2.31. The van der Waals surface area contributed by atoms with E-state index in [0.717, 1.165) is 32.7 Å². The number of nitrogens with zero attached hydrogens (tertiary/aromatic N) is 3. The van der Waals surface area contributed by atoms with Crippen molar-refractivity contribution in [3.8, 4) is 0 Å². The largest absolute Gasteiger partial charge is 0.333 e. The van der Waals surface area contributed by atoms with Gasteiger partial charge in [-0.3, -0.25) is 4.90 Å². The molecule has 16 heavy (non-hydrogen) atoms. The molecule has 0 aliphatic carbocycles. The number of aryl methyl sites for hydroxylation is 1. The first-order chi connectivity index (χ1) is 7.79. The second-order valence-corrected chi connectivity index (χ2v) is 4.67. The van der Waals surface area contributed by atoms with Crippen LogP contribution >= 0.6 is 0 Å². The zero-order chi connectivity index (χ0) is 11.4. The number of hydrogen-bond donors (Lipinski definition) is 1. The Morgan fingerprint density at radius 2 is 2.44 bits per heavy atom. The number of hydrogen-bond acceptors (Lipinski definition) is 3. The minimum Gasteiger partial charge on any atom is -0.333 e. The van der Waals surface area contributed by atoms with Gasteiger partial charge in [-0.25, -0.2) is 4.98 Å². The Labute approximate surface area is 97.7 Å². The van der Waals surface area contributed by atoms with Crippen molar-refractivity contribution in [2.45, 2.75) is 39.4 Å². The first kappa shape index (κ1) is 11.6. The van der Waals surface area contributed by atoms with Crippen molar-refractivity contribution < 1.29 is 0 Å². The Balaban J connectivity index is 1.94. The minimum absolute atomic E-state index is 0.608. The van der Waals surface area contributed by atoms with E-state index in [0.29, 0.717) is 6.04 Å². The van der Waals surface area contributed by atoms with Crippen molar-refractivity contribution in [1.82, 2.24) is 19.8 Å². The molecule has 1 aromatic heterocycles. The molecule has 1 aromatic rings. The number of aromatic nitrogens is 2. The lowest BCUT2D eigenvalue weighted by molar-refractivity contribution is 0.195. The summed E-state index contributed by atoms with van der Waals surface area (Å²) in [5.41, 5.74) is 1.34. The number of imidazole rings is 1. The van der Waals surface area contributed by atoms with E-state index < -0.39 is 0 Å². The van der Waals surface area contributed by atoms with Crippen LogP contribution in [0.25, 0.3) is 0 Å². The molecule has 2 heterocycles. The summed E-state index contributed by atoms with van der Waals surface area (Å²) >= 11 is 0. The highest BCUT2D eigenvalue weighted by molar-refractivity contribution is 4.99. The maximum atomic E-state index is 4.25. The Morgan fingerprint density at radius 1 is 1.56 bits per heavy atom. The van der Waals surface area contributed by atoms with E-state index in [1.165, 1.54) is 12.1 Å². The first-order valence-electron chi connectivity index (χ1n) is 6.24. The molecule has 1 saturated heterocycles. The van der Waals surface area contributed by atoms with Gasteiger partial charge in [-0.05, 0) is 13.3 Å². The average Bonchev–Trinajstić information content (AvgIpc) is 2.66. The zero-order valence-electron chi connectivity index (χ0n) is 10.3. The molecule has 4 heteroatoms. The summed E-state index contributed by atoms with van der Waals surface area (Å²) in [6.45, 7) is 9.94. The number of rotatable bonds is 4. The summed E-state index contributed by atoms with van der Waals surface area (Å²) < 4.78 is 2.27. The van der Waals surface area contributed by atoms with Gasteiger partial charge in [0.05, 0.1) is 12.0 Å². The molecule has 90 valence electrons. The Hall–Kier alpha value is -0.870. The van der Waals surface area contributed by atoms with Crippen molar-refractivity contribution in [2.75, 3.05) is 19.6 Å². The highest BCUT2D eigenvalue weighted by atomic mass is 15.2. The molecular formula is C12H22N4. The lowest BCUT2D eigenvalue weighted by Gasteiger charge is -2.31. The summed E-state index contributed by atoms with van der Waals surface area (Å²) in [6.07, 6.45) is 5.12. The number of nitrogens with one attached hydrogen (secondary N) is 1. The molecule has 1 aliphatic heterocycles. The Bertz CT molecular complexity index is 321. The van der Waals surface area contributed by atoms with Gasteiger partial charge in [0.15, 0.2) is 0 Å². The smallest absolute Gasteiger partial charge is 0.0948 e. The van der Waals surface area contributed by atoms with Crippen LogP contribution in [0, 0.1) is 0 Å². The molecule has 0 spiro atoms. The van der Waals surface area contributed by atoms with E-state index in [1.807, 2.05) is 12.5 Å². The topological polar surface area (TPSA) is 33.1 Å². The molecule has 4 nitrogen and oxygen atoms in total. The van der Waals surface area contributed by atoms with Crippen molar-refractivity contribution >= 4 is 0 Å². The predicted octanol–water partition coefficient (Wildman–Crippen LogP) is 1.09. The monoisotopic (exact) mass is 222 g/mol. The van der Waals surface area contributed by atoms with Crippen LogP contribution in [0.4, 0.5) is 0 Å². The standard InChI is InChI=1S/C12H22N4/c1-3-5-16-10-13-7-12(16)9-15-6-4-14-11(2)8-15/h7,10-11,14H,3-6,8-9H2,1-2H3/t11-/m1/s1. The predicted molar refractivity (Wildman–Crippen MR) is 65.3 cm³/mol. The molecule has 0 aromatic carbocycles. The van der Waals surface area contributed by atoms with Gasteiger partial charge >= 0.3 is 0 Å². The van der Waals surface area contributed by atoms with E-state index in [2.05, 4.69) is 33.6 Å². The second kappa shape index (κ2) is 5.46. The van der Waals surface area contributed by atoms with Crippen LogP contribution in [0.2, 0.25) is 0 Å². The lowest BCUT2D eigenvalue weighted by atomic mass is 10.2. The van der Waals surface area contributed by atoms with Crippen molar-refractivity contribution in [1.29, 1.82) is 0 Å². The van der Waals surface area contributed by atoms with Gasteiger partial charge in [0.25, 0.3) is 0 Å². The molecule has 1 N–H and O–H groups in total. The summed E-state index contributed by atoms with van der Waals surface area (Å²) in [6, 6.07) is 0.608. The van der Waals surface area contributed by atoms with Crippen LogP contribution in [0.3, 0.4) is 0 Å². The molecular weight excluding hydrogens is 200 g/mol.